The van der Waals surface area contributed by atoms with Gasteiger partial charge in [0.2, 0.25) is 0 Å². The van der Waals surface area contributed by atoms with Crippen LogP contribution < -0.4 is 4.74 Å². The summed E-state index contributed by atoms with van der Waals surface area (Å²) in [7, 11) is 4.30. The van der Waals surface area contributed by atoms with Crippen LogP contribution >= 0.6 is 0 Å². The lowest BCUT2D eigenvalue weighted by Crippen LogP contribution is -2.23. The van der Waals surface area contributed by atoms with Crippen LogP contribution in [0.15, 0.2) is 60.9 Å². The van der Waals surface area contributed by atoms with E-state index < -0.39 is 0 Å². The molecular weight excluding hydrogens is 394 g/mol. The Morgan fingerprint density at radius 3 is 2.59 bits per heavy atom. The molecule has 0 radical (unpaired) electrons. The van der Waals surface area contributed by atoms with E-state index in [2.05, 4.69) is 85.1 Å². The number of hydrogen-bond donors (Lipinski definition) is 0. The molecule has 1 unspecified atom stereocenters. The molecule has 1 fully saturated rings. The van der Waals surface area contributed by atoms with E-state index in [1.54, 1.807) is 0 Å². The Labute approximate surface area is 193 Å². The van der Waals surface area contributed by atoms with Crippen LogP contribution in [0.3, 0.4) is 0 Å². The van der Waals surface area contributed by atoms with E-state index in [-0.39, 0.29) is 0 Å². The molecule has 1 saturated carbocycles. The van der Waals surface area contributed by atoms with Gasteiger partial charge in [-0.2, -0.15) is 0 Å². The average Bonchev–Trinajstić information content (AvgIpc) is 3.15. The van der Waals surface area contributed by atoms with Crippen LogP contribution in [-0.4, -0.2) is 34.1 Å². The highest BCUT2D eigenvalue weighted by Crippen LogP contribution is 2.29. The van der Waals surface area contributed by atoms with Crippen molar-refractivity contribution in [2.24, 2.45) is 13.0 Å². The van der Waals surface area contributed by atoms with Crippen LogP contribution in [-0.2, 0) is 20.0 Å². The number of aromatic nitrogens is 2. The zero-order valence-corrected chi connectivity index (χ0v) is 19.8. The molecule has 0 amide bonds. The fraction of sp³-hybridized carbons (Fsp3) is 0.464. The Bertz CT molecular complexity index is 964. The van der Waals surface area contributed by atoms with Gasteiger partial charge in [0, 0.05) is 24.8 Å². The first-order valence-electron chi connectivity index (χ1n) is 12.1. The number of aryl methyl sites for hydroxylation is 1. The summed E-state index contributed by atoms with van der Waals surface area (Å²) in [6.07, 6.45) is 9.39. The van der Waals surface area contributed by atoms with Gasteiger partial charge in [-0.15, -0.1) is 0 Å². The topological polar surface area (TPSA) is 30.3 Å². The second-order valence-corrected chi connectivity index (χ2v) is 9.51. The Morgan fingerprint density at radius 1 is 1.06 bits per heavy atom. The van der Waals surface area contributed by atoms with E-state index in [0.717, 1.165) is 43.3 Å². The summed E-state index contributed by atoms with van der Waals surface area (Å²) in [5, 5.41) is 0. The third kappa shape index (κ3) is 6.01. The van der Waals surface area contributed by atoms with Crippen LogP contribution in [0.5, 0.6) is 5.75 Å². The number of ether oxygens (including phenoxy) is 1. The van der Waals surface area contributed by atoms with Crippen molar-refractivity contribution in [2.45, 2.75) is 58.1 Å². The highest BCUT2D eigenvalue weighted by atomic mass is 16.5. The normalized spacial score (nSPS) is 18.8. The lowest BCUT2D eigenvalue weighted by atomic mass is 9.89. The summed E-state index contributed by atoms with van der Waals surface area (Å²) in [6.45, 7) is 4.38. The van der Waals surface area contributed by atoms with Crippen molar-refractivity contribution in [2.75, 3.05) is 13.6 Å². The van der Waals surface area contributed by atoms with Crippen molar-refractivity contribution in [1.29, 1.82) is 0 Å². The van der Waals surface area contributed by atoms with Crippen molar-refractivity contribution >= 4 is 0 Å². The van der Waals surface area contributed by atoms with E-state index in [1.165, 1.54) is 42.5 Å². The zero-order chi connectivity index (χ0) is 22.3. The van der Waals surface area contributed by atoms with Gasteiger partial charge in [-0.3, -0.25) is 0 Å². The van der Waals surface area contributed by atoms with E-state index in [0.29, 0.717) is 6.10 Å². The first kappa shape index (κ1) is 22.6. The fourth-order valence-electron chi connectivity index (χ4n) is 4.85. The summed E-state index contributed by atoms with van der Waals surface area (Å²) in [6, 6.07) is 19.2. The van der Waals surface area contributed by atoms with Crippen molar-refractivity contribution in [3.63, 3.8) is 0 Å². The lowest BCUT2D eigenvalue weighted by molar-refractivity contribution is 0.129. The van der Waals surface area contributed by atoms with Crippen molar-refractivity contribution < 1.29 is 4.74 Å². The van der Waals surface area contributed by atoms with Gasteiger partial charge >= 0.3 is 0 Å². The molecule has 2 aromatic carbocycles. The van der Waals surface area contributed by atoms with Gasteiger partial charge in [0.05, 0.1) is 18.1 Å². The van der Waals surface area contributed by atoms with E-state index >= 15 is 0 Å². The summed E-state index contributed by atoms with van der Waals surface area (Å²) in [5.74, 6) is 1.75. The highest BCUT2D eigenvalue weighted by Gasteiger charge is 2.20. The minimum absolute atomic E-state index is 0.364. The first-order valence-corrected chi connectivity index (χ1v) is 12.1. The number of hydrogen-bond acceptors (Lipinski definition) is 3. The van der Waals surface area contributed by atoms with Crippen molar-refractivity contribution in [3.8, 4) is 17.0 Å². The molecule has 4 rings (SSSR count). The maximum absolute atomic E-state index is 6.26. The molecule has 0 N–H and O–H groups in total. The second-order valence-electron chi connectivity index (χ2n) is 9.51. The minimum atomic E-state index is 0.364. The van der Waals surface area contributed by atoms with E-state index in [9.17, 15) is 0 Å². The summed E-state index contributed by atoms with van der Waals surface area (Å²) in [5.41, 5.74) is 4.92. The van der Waals surface area contributed by atoms with Crippen LogP contribution in [0.4, 0.5) is 0 Å². The van der Waals surface area contributed by atoms with Crippen LogP contribution in [0.1, 0.15) is 50.3 Å². The third-order valence-corrected chi connectivity index (χ3v) is 6.63. The zero-order valence-electron chi connectivity index (χ0n) is 19.8. The molecule has 32 heavy (non-hydrogen) atoms. The van der Waals surface area contributed by atoms with Gasteiger partial charge in [-0.25, -0.2) is 4.98 Å². The van der Waals surface area contributed by atoms with Gasteiger partial charge < -0.3 is 14.2 Å². The Balaban J connectivity index is 1.33. The van der Waals surface area contributed by atoms with Crippen LogP contribution in [0, 0.1) is 5.92 Å². The summed E-state index contributed by atoms with van der Waals surface area (Å²) >= 11 is 0. The van der Waals surface area contributed by atoms with Gasteiger partial charge in [0.25, 0.3) is 0 Å². The molecule has 1 heterocycles. The predicted molar refractivity (Wildman–Crippen MR) is 132 cm³/mol. The molecule has 3 aromatic rings. The molecule has 1 aromatic heterocycles. The molecular formula is C28H37N3O. The van der Waals surface area contributed by atoms with E-state index in [4.69, 9.17) is 9.72 Å². The molecule has 0 saturated heterocycles. The number of nitrogens with zero attached hydrogens (tertiary/aromatic N) is 3. The number of rotatable bonds is 9. The Morgan fingerprint density at radius 2 is 1.84 bits per heavy atom. The first-order chi connectivity index (χ1) is 15.6. The fourth-order valence-corrected chi connectivity index (χ4v) is 4.85. The smallest absolute Gasteiger partial charge is 0.119 e. The minimum Gasteiger partial charge on any atom is -0.490 e. The van der Waals surface area contributed by atoms with Crippen molar-refractivity contribution in [3.05, 3.63) is 72.2 Å². The Hall–Kier alpha value is -2.59. The van der Waals surface area contributed by atoms with Gasteiger partial charge in [0.15, 0.2) is 0 Å². The predicted octanol–water partition coefficient (Wildman–Crippen LogP) is 6.11. The molecule has 0 spiro atoms. The highest BCUT2D eigenvalue weighted by molar-refractivity contribution is 5.63. The molecule has 170 valence electrons. The summed E-state index contributed by atoms with van der Waals surface area (Å²) in [4.78, 5) is 7.11. The van der Waals surface area contributed by atoms with Crippen LogP contribution in [0.2, 0.25) is 0 Å². The summed E-state index contributed by atoms with van der Waals surface area (Å²) < 4.78 is 8.43. The van der Waals surface area contributed by atoms with Gasteiger partial charge in [-0.1, -0.05) is 43.7 Å². The van der Waals surface area contributed by atoms with Crippen molar-refractivity contribution in [1.82, 2.24) is 14.5 Å². The molecule has 1 aliphatic rings. The maximum atomic E-state index is 6.26. The molecule has 0 bridgehead atoms. The second kappa shape index (κ2) is 10.8. The largest absolute Gasteiger partial charge is 0.490 e. The van der Waals surface area contributed by atoms with Gasteiger partial charge in [0.1, 0.15) is 5.75 Å². The standard InChI is InChI=1S/C28H37N3O/c1-22-9-7-12-26(19-22)32-25-16-14-24(15-17-25)28-27(31(3)21-29-28)13-8-18-30(2)20-23-10-5-4-6-11-23/h4-6,10-11,14-17,21-22,26H,7-9,12-13,18-20H2,1-3H3/t22?,26-/m0/s1. The van der Waals surface area contributed by atoms with E-state index in [1.807, 2.05) is 6.33 Å². The van der Waals surface area contributed by atoms with Crippen LogP contribution in [0.25, 0.3) is 11.3 Å². The molecule has 2 atom stereocenters. The number of benzene rings is 2. The third-order valence-electron chi connectivity index (χ3n) is 6.63. The molecule has 1 aliphatic carbocycles. The number of imidazole rings is 1. The van der Waals surface area contributed by atoms with Gasteiger partial charge in [-0.05, 0) is 81.4 Å². The SMILES string of the molecule is CC1CCC[C@H](Oc2ccc(-c3ncn(C)c3CCCN(C)Cc3ccccc3)cc2)C1. The lowest BCUT2D eigenvalue weighted by Gasteiger charge is -2.27. The monoisotopic (exact) mass is 431 g/mol. The maximum Gasteiger partial charge on any atom is 0.119 e. The molecule has 4 heteroatoms. The quantitative estimate of drug-likeness (QED) is 0.409. The Kier molecular flexibility index (Phi) is 7.64. The molecule has 4 nitrogen and oxygen atoms in total. The average molecular weight is 432 g/mol. The molecule has 0 aliphatic heterocycles.